The molecule has 0 saturated carbocycles. The van der Waals surface area contributed by atoms with Gasteiger partial charge >= 0.3 is 0 Å². The van der Waals surface area contributed by atoms with Crippen LogP contribution in [-0.4, -0.2) is 28.6 Å². The van der Waals surface area contributed by atoms with Crippen molar-refractivity contribution in [3.63, 3.8) is 0 Å². The third kappa shape index (κ3) is 5.63. The van der Waals surface area contributed by atoms with Crippen LogP contribution in [0.25, 0.3) is 10.9 Å². The minimum atomic E-state index is -1.88. The molecule has 0 saturated heterocycles. The third-order valence-electron chi connectivity index (χ3n) is 5.03. The summed E-state index contributed by atoms with van der Waals surface area (Å²) in [6, 6.07) is 7.25. The molecule has 0 spiro atoms. The summed E-state index contributed by atoms with van der Waals surface area (Å²) in [5, 5.41) is 3.06. The number of anilines is 1. The number of fused-ring (bicyclic) bond motifs is 1. The van der Waals surface area contributed by atoms with E-state index in [1.54, 1.807) is 18.2 Å². The number of pyridine rings is 1. The van der Waals surface area contributed by atoms with Crippen LogP contribution in [0.2, 0.25) is 10.0 Å². The lowest BCUT2D eigenvalue weighted by Gasteiger charge is -2.17. The summed E-state index contributed by atoms with van der Waals surface area (Å²) >= 11 is 30.3. The van der Waals surface area contributed by atoms with Gasteiger partial charge in [-0.1, -0.05) is 64.1 Å². The van der Waals surface area contributed by atoms with Gasteiger partial charge in [-0.3, -0.25) is 4.98 Å². The van der Waals surface area contributed by atoms with Crippen molar-refractivity contribution < 1.29 is 18.3 Å². The molecular formula is C23H15Cl5F2N4O2. The van der Waals surface area contributed by atoms with Gasteiger partial charge in [0.15, 0.2) is 17.2 Å². The molecule has 2 aromatic carbocycles. The highest BCUT2D eigenvalue weighted by molar-refractivity contribution is 6.67. The van der Waals surface area contributed by atoms with Crippen molar-refractivity contribution in [2.75, 3.05) is 19.0 Å². The fraction of sp³-hybridized carbons (Fsp3) is 0.174. The molecule has 0 aliphatic rings. The largest absolute Gasteiger partial charge is 0.493 e. The molecule has 0 fully saturated rings. The number of halogens is 7. The van der Waals surface area contributed by atoms with E-state index in [4.69, 9.17) is 67.5 Å². The minimum absolute atomic E-state index is 0.0147. The van der Waals surface area contributed by atoms with Crippen LogP contribution < -0.4 is 14.8 Å². The molecule has 4 aromatic rings. The Hall–Kier alpha value is -2.36. The highest BCUT2D eigenvalue weighted by atomic mass is 35.6. The first kappa shape index (κ1) is 26.7. The fourth-order valence-corrected chi connectivity index (χ4v) is 4.50. The zero-order valence-corrected chi connectivity index (χ0v) is 22.0. The van der Waals surface area contributed by atoms with E-state index >= 15 is 0 Å². The Morgan fingerprint density at radius 3 is 2.44 bits per heavy atom. The molecule has 188 valence electrons. The van der Waals surface area contributed by atoms with E-state index in [1.807, 2.05) is 0 Å². The number of rotatable bonds is 7. The smallest absolute Gasteiger partial charge is 0.234 e. The van der Waals surface area contributed by atoms with Crippen LogP contribution in [0.4, 0.5) is 14.6 Å². The second kappa shape index (κ2) is 10.9. The lowest BCUT2D eigenvalue weighted by atomic mass is 10.1. The summed E-state index contributed by atoms with van der Waals surface area (Å²) in [7, 11) is 1.47. The zero-order chi connectivity index (χ0) is 26.0. The maximum Gasteiger partial charge on any atom is 0.234 e. The third-order valence-corrected chi connectivity index (χ3v) is 6.19. The van der Waals surface area contributed by atoms with E-state index in [-0.39, 0.29) is 38.2 Å². The Kier molecular flexibility index (Phi) is 8.12. The molecule has 0 radical (unpaired) electrons. The number of hydrogen-bond acceptors (Lipinski definition) is 6. The Morgan fingerprint density at radius 2 is 1.72 bits per heavy atom. The molecule has 0 aliphatic carbocycles. The highest BCUT2D eigenvalue weighted by Crippen LogP contribution is 2.47. The Balaban J connectivity index is 1.52. The number of nitrogens with zero attached hydrogens (tertiary/aromatic N) is 3. The Bertz CT molecular complexity index is 1440. The van der Waals surface area contributed by atoms with Crippen LogP contribution in [0.3, 0.4) is 0 Å². The van der Waals surface area contributed by atoms with Crippen LogP contribution in [-0.2, 0) is 10.2 Å². The fourth-order valence-electron chi connectivity index (χ4n) is 3.36. The normalized spacial score (nSPS) is 11.6. The van der Waals surface area contributed by atoms with Gasteiger partial charge in [-0.25, -0.2) is 18.7 Å². The number of aromatic nitrogens is 3. The molecule has 0 amide bonds. The van der Waals surface area contributed by atoms with Crippen LogP contribution in [0, 0.1) is 11.6 Å². The summed E-state index contributed by atoms with van der Waals surface area (Å²) in [4.78, 5) is 11.8. The van der Waals surface area contributed by atoms with Crippen LogP contribution in [0.5, 0.6) is 17.2 Å². The van der Waals surface area contributed by atoms with E-state index in [1.165, 1.54) is 19.6 Å². The Morgan fingerprint density at radius 1 is 0.972 bits per heavy atom. The SMILES string of the molecule is COc1cc(CCNc2ncnc3c(F)ccc(F)c23)ccc1Oc1c(Cl)cnc(C(Cl)(Cl)Cl)c1Cl. The summed E-state index contributed by atoms with van der Waals surface area (Å²) < 4.78 is 37.7. The summed E-state index contributed by atoms with van der Waals surface area (Å²) in [6.45, 7) is 0.361. The molecule has 13 heteroatoms. The quantitative estimate of drug-likeness (QED) is 0.220. The molecule has 6 nitrogen and oxygen atoms in total. The summed E-state index contributed by atoms with van der Waals surface area (Å²) in [5.41, 5.74) is 0.719. The predicted molar refractivity (Wildman–Crippen MR) is 138 cm³/mol. The van der Waals surface area contributed by atoms with Crippen molar-refractivity contribution in [2.24, 2.45) is 0 Å². The molecule has 1 N–H and O–H groups in total. The van der Waals surface area contributed by atoms with Gasteiger partial charge in [0.05, 0.1) is 12.5 Å². The molecule has 0 bridgehead atoms. The second-order valence-electron chi connectivity index (χ2n) is 7.33. The van der Waals surface area contributed by atoms with Crippen molar-refractivity contribution >= 4 is 74.7 Å². The van der Waals surface area contributed by atoms with Crippen molar-refractivity contribution in [1.82, 2.24) is 15.0 Å². The van der Waals surface area contributed by atoms with Crippen molar-refractivity contribution in [1.29, 1.82) is 0 Å². The molecule has 36 heavy (non-hydrogen) atoms. The van der Waals surface area contributed by atoms with Crippen LogP contribution in [0.15, 0.2) is 42.9 Å². The highest BCUT2D eigenvalue weighted by Gasteiger charge is 2.31. The van der Waals surface area contributed by atoms with Gasteiger partial charge in [-0.2, -0.15) is 0 Å². The number of ether oxygens (including phenoxy) is 2. The van der Waals surface area contributed by atoms with Gasteiger partial charge in [-0.15, -0.1) is 0 Å². The van der Waals surface area contributed by atoms with Gasteiger partial charge in [0.25, 0.3) is 0 Å². The van der Waals surface area contributed by atoms with Gasteiger partial charge in [0.1, 0.15) is 45.0 Å². The molecular weight excluding hydrogens is 580 g/mol. The monoisotopic (exact) mass is 592 g/mol. The number of nitrogens with one attached hydrogen (secondary N) is 1. The summed E-state index contributed by atoms with van der Waals surface area (Å²) in [5.74, 6) is -0.328. The van der Waals surface area contributed by atoms with E-state index in [9.17, 15) is 8.78 Å². The molecule has 2 heterocycles. The average Bonchev–Trinajstić information content (AvgIpc) is 2.83. The standard InChI is InChI=1S/C23H15Cl5F2N4O2/c1-35-16-8-11(6-7-31-22-17-13(29)3-4-14(30)19(17)33-10-34-22)2-5-15(16)36-20-12(24)9-32-21(18(20)25)23(26,27)28/h2-5,8-10H,6-7H2,1H3,(H,31,33,34). The van der Waals surface area contributed by atoms with Crippen LogP contribution >= 0.6 is 58.0 Å². The predicted octanol–water partition coefficient (Wildman–Crippen LogP) is 7.89. The van der Waals surface area contributed by atoms with E-state index in [2.05, 4.69) is 20.3 Å². The van der Waals surface area contributed by atoms with E-state index in [0.29, 0.717) is 24.5 Å². The first-order chi connectivity index (χ1) is 17.1. The van der Waals surface area contributed by atoms with E-state index in [0.717, 1.165) is 17.7 Å². The maximum absolute atomic E-state index is 14.3. The molecule has 0 aliphatic heterocycles. The number of hydrogen-bond donors (Lipinski definition) is 1. The Labute approximate surface area is 229 Å². The average molecular weight is 595 g/mol. The first-order valence-electron chi connectivity index (χ1n) is 10.2. The maximum atomic E-state index is 14.3. The van der Waals surface area contributed by atoms with E-state index < -0.39 is 15.4 Å². The second-order valence-corrected chi connectivity index (χ2v) is 10.4. The lowest BCUT2D eigenvalue weighted by Crippen LogP contribution is -2.08. The summed E-state index contributed by atoms with van der Waals surface area (Å²) in [6.07, 6.45) is 2.93. The van der Waals surface area contributed by atoms with Gasteiger partial charge in [0.2, 0.25) is 3.79 Å². The number of benzene rings is 2. The van der Waals surface area contributed by atoms with Crippen molar-refractivity contribution in [2.45, 2.75) is 10.2 Å². The molecule has 0 unspecified atom stereocenters. The topological polar surface area (TPSA) is 69.2 Å². The van der Waals surface area contributed by atoms with Gasteiger partial charge in [0, 0.05) is 12.7 Å². The van der Waals surface area contributed by atoms with Crippen molar-refractivity contribution in [3.8, 4) is 17.2 Å². The lowest BCUT2D eigenvalue weighted by molar-refractivity contribution is 0.378. The zero-order valence-electron chi connectivity index (χ0n) is 18.3. The number of alkyl halides is 3. The van der Waals surface area contributed by atoms with Crippen LogP contribution in [0.1, 0.15) is 11.3 Å². The molecule has 2 aromatic heterocycles. The number of methoxy groups -OCH3 is 1. The minimum Gasteiger partial charge on any atom is -0.493 e. The van der Waals surface area contributed by atoms with Gasteiger partial charge < -0.3 is 14.8 Å². The first-order valence-corrected chi connectivity index (χ1v) is 12.1. The van der Waals surface area contributed by atoms with Gasteiger partial charge in [-0.05, 0) is 36.2 Å². The molecule has 4 rings (SSSR count). The molecule has 0 atom stereocenters. The van der Waals surface area contributed by atoms with Crippen molar-refractivity contribution in [3.05, 3.63) is 75.8 Å².